The van der Waals surface area contributed by atoms with Crippen LogP contribution in [0, 0.1) is 0 Å². The van der Waals surface area contributed by atoms with Crippen LogP contribution >= 0.6 is 11.3 Å². The molecule has 2 atom stereocenters. The first kappa shape index (κ1) is 17.6. The fraction of sp³-hybridized carbons (Fsp3) is 0.375. The minimum atomic E-state index is -1.62. The van der Waals surface area contributed by atoms with Gasteiger partial charge in [-0.3, -0.25) is 0 Å². The summed E-state index contributed by atoms with van der Waals surface area (Å²) in [6.45, 7) is -0.307. The van der Waals surface area contributed by atoms with E-state index in [1.807, 2.05) is 30.3 Å². The molecule has 0 radical (unpaired) electrons. The molecule has 0 bridgehead atoms. The Morgan fingerprint density at radius 2 is 2.13 bits per heavy atom. The summed E-state index contributed by atoms with van der Waals surface area (Å²) >= 11 is 1.31. The molecule has 0 unspecified atom stereocenters. The number of rotatable bonds is 9. The normalized spacial score (nSPS) is 15.0. The molecule has 23 heavy (non-hydrogen) atoms. The van der Waals surface area contributed by atoms with Crippen LogP contribution in [0.3, 0.4) is 0 Å². The molecule has 124 valence electrons. The minimum Gasteiger partial charge on any atom is -0.479 e. The molecule has 0 spiro atoms. The van der Waals surface area contributed by atoms with Gasteiger partial charge in [0.25, 0.3) is 0 Å². The number of carboxylic acid groups (broad SMARTS) is 1. The third kappa shape index (κ3) is 4.14. The predicted octanol–water partition coefficient (Wildman–Crippen LogP) is 1.69. The number of thiazole rings is 1. The summed E-state index contributed by atoms with van der Waals surface area (Å²) in [5, 5.41) is 20.7. The van der Waals surface area contributed by atoms with Crippen LogP contribution in [0.4, 0.5) is 0 Å². The molecule has 0 amide bonds. The second-order valence-electron chi connectivity index (χ2n) is 5.02. The molecule has 2 N–H and O–H groups in total. The van der Waals surface area contributed by atoms with E-state index < -0.39 is 17.7 Å². The molecule has 1 aromatic heterocycles. The lowest BCUT2D eigenvalue weighted by atomic mass is 9.91. The molecule has 2 aromatic rings. The quantitative estimate of drug-likeness (QED) is 0.724. The van der Waals surface area contributed by atoms with Gasteiger partial charge in [0.2, 0.25) is 5.60 Å². The second kappa shape index (κ2) is 8.16. The Labute approximate surface area is 138 Å². The van der Waals surface area contributed by atoms with Crippen molar-refractivity contribution < 1.29 is 24.5 Å². The third-order valence-electron chi connectivity index (χ3n) is 3.54. The molecule has 7 heteroatoms. The van der Waals surface area contributed by atoms with E-state index in [1.165, 1.54) is 18.4 Å². The summed E-state index contributed by atoms with van der Waals surface area (Å²) in [4.78, 5) is 16.2. The predicted molar refractivity (Wildman–Crippen MR) is 85.4 cm³/mol. The maximum atomic E-state index is 12.0. The van der Waals surface area contributed by atoms with Gasteiger partial charge in [-0.25, -0.2) is 9.78 Å². The van der Waals surface area contributed by atoms with Crippen LogP contribution in [0.25, 0.3) is 0 Å². The lowest BCUT2D eigenvalue weighted by Crippen LogP contribution is -2.43. The van der Waals surface area contributed by atoms with Gasteiger partial charge < -0.3 is 19.7 Å². The zero-order chi connectivity index (χ0) is 16.7. The molecule has 0 saturated heterocycles. The Morgan fingerprint density at radius 3 is 2.65 bits per heavy atom. The highest BCUT2D eigenvalue weighted by Crippen LogP contribution is 2.31. The van der Waals surface area contributed by atoms with E-state index in [-0.39, 0.29) is 19.6 Å². The zero-order valence-electron chi connectivity index (χ0n) is 12.7. The van der Waals surface area contributed by atoms with E-state index in [2.05, 4.69) is 4.98 Å². The molecular formula is C16H19NO5S. The summed E-state index contributed by atoms with van der Waals surface area (Å²) in [5.41, 5.74) is 1.11. The molecule has 6 nitrogen and oxygen atoms in total. The number of aromatic nitrogens is 1. The summed E-state index contributed by atoms with van der Waals surface area (Å²) in [5.74, 6) is -1.12. The molecule has 0 fully saturated rings. The number of hydrogen-bond donors (Lipinski definition) is 2. The van der Waals surface area contributed by atoms with Crippen molar-refractivity contribution in [3.05, 3.63) is 52.5 Å². The van der Waals surface area contributed by atoms with Crippen LogP contribution in [0.2, 0.25) is 0 Å². The average Bonchev–Trinajstić information content (AvgIpc) is 3.10. The Morgan fingerprint density at radius 1 is 1.39 bits per heavy atom. The summed E-state index contributed by atoms with van der Waals surface area (Å²) in [6, 6.07) is 9.23. The van der Waals surface area contributed by atoms with Gasteiger partial charge in [0.1, 0.15) is 6.10 Å². The fourth-order valence-electron chi connectivity index (χ4n) is 2.19. The van der Waals surface area contributed by atoms with Crippen molar-refractivity contribution in [1.82, 2.24) is 4.98 Å². The molecule has 0 aliphatic rings. The maximum Gasteiger partial charge on any atom is 0.342 e. The number of carboxylic acids is 1. The van der Waals surface area contributed by atoms with Crippen molar-refractivity contribution in [2.45, 2.75) is 18.1 Å². The third-order valence-corrected chi connectivity index (χ3v) is 4.13. The number of methoxy groups -OCH3 is 1. The highest BCUT2D eigenvalue weighted by molar-refractivity contribution is 7.07. The van der Waals surface area contributed by atoms with Crippen molar-refractivity contribution in [3.63, 3.8) is 0 Å². The number of hydrogen-bond acceptors (Lipinski definition) is 6. The first-order valence-electron chi connectivity index (χ1n) is 7.06. The molecule has 0 aliphatic heterocycles. The van der Waals surface area contributed by atoms with Gasteiger partial charge in [-0.2, -0.15) is 0 Å². The van der Waals surface area contributed by atoms with E-state index in [4.69, 9.17) is 9.47 Å². The van der Waals surface area contributed by atoms with Crippen LogP contribution in [-0.2, 0) is 26.3 Å². The lowest BCUT2D eigenvalue weighted by Gasteiger charge is -2.29. The van der Waals surface area contributed by atoms with E-state index in [0.29, 0.717) is 5.69 Å². The van der Waals surface area contributed by atoms with E-state index in [0.717, 1.165) is 5.56 Å². The summed E-state index contributed by atoms with van der Waals surface area (Å²) < 4.78 is 10.8. The largest absolute Gasteiger partial charge is 0.479 e. The number of aliphatic hydroxyl groups is 1. The van der Waals surface area contributed by atoms with Crippen molar-refractivity contribution in [3.8, 4) is 0 Å². The highest BCUT2D eigenvalue weighted by atomic mass is 32.1. The topological polar surface area (TPSA) is 88.9 Å². The van der Waals surface area contributed by atoms with Crippen molar-refractivity contribution >= 4 is 17.3 Å². The van der Waals surface area contributed by atoms with Gasteiger partial charge in [0, 0.05) is 18.9 Å². The van der Waals surface area contributed by atoms with Crippen LogP contribution < -0.4 is 0 Å². The smallest absolute Gasteiger partial charge is 0.342 e. The monoisotopic (exact) mass is 337 g/mol. The number of carbonyl (C=O) groups is 1. The Bertz CT molecular complexity index is 600. The standard InChI is InChI=1S/C16H19NO5S/c1-21-13(8-18)9-22-16(15(19)20,14-10-23-11-17-14)7-12-5-3-2-4-6-12/h2-6,10-11,13,18H,7-9H2,1H3,(H,19,20)/t13-,16+/m0/s1. The van der Waals surface area contributed by atoms with E-state index in [9.17, 15) is 15.0 Å². The van der Waals surface area contributed by atoms with Crippen LogP contribution in [0.1, 0.15) is 11.3 Å². The van der Waals surface area contributed by atoms with Gasteiger partial charge >= 0.3 is 5.97 Å². The van der Waals surface area contributed by atoms with E-state index in [1.54, 1.807) is 10.9 Å². The van der Waals surface area contributed by atoms with Gasteiger partial charge in [0.15, 0.2) is 0 Å². The number of nitrogens with zero attached hydrogens (tertiary/aromatic N) is 1. The van der Waals surface area contributed by atoms with Crippen LogP contribution in [0.15, 0.2) is 41.2 Å². The molecule has 0 saturated carbocycles. The second-order valence-corrected chi connectivity index (χ2v) is 5.74. The average molecular weight is 337 g/mol. The number of ether oxygens (including phenoxy) is 2. The Balaban J connectivity index is 2.33. The first-order valence-corrected chi connectivity index (χ1v) is 8.00. The molecular weight excluding hydrogens is 318 g/mol. The highest BCUT2D eigenvalue weighted by Gasteiger charge is 2.44. The molecule has 0 aliphatic carbocycles. The van der Waals surface area contributed by atoms with Crippen LogP contribution in [0.5, 0.6) is 0 Å². The van der Waals surface area contributed by atoms with E-state index >= 15 is 0 Å². The van der Waals surface area contributed by atoms with Crippen molar-refractivity contribution in [1.29, 1.82) is 0 Å². The molecule has 1 heterocycles. The molecule has 1 aromatic carbocycles. The Kier molecular flexibility index (Phi) is 6.23. The van der Waals surface area contributed by atoms with Crippen molar-refractivity contribution in [2.75, 3.05) is 20.3 Å². The molecule has 2 rings (SSSR count). The summed E-state index contributed by atoms with van der Waals surface area (Å²) in [7, 11) is 1.44. The first-order chi connectivity index (χ1) is 11.1. The fourth-order valence-corrected chi connectivity index (χ4v) is 2.80. The van der Waals surface area contributed by atoms with Gasteiger partial charge in [-0.15, -0.1) is 11.3 Å². The van der Waals surface area contributed by atoms with Crippen LogP contribution in [-0.4, -0.2) is 47.6 Å². The minimum absolute atomic E-state index is 0.0519. The summed E-state index contributed by atoms with van der Waals surface area (Å²) in [6.07, 6.45) is -0.461. The van der Waals surface area contributed by atoms with Gasteiger partial charge in [0.05, 0.1) is 24.4 Å². The van der Waals surface area contributed by atoms with Crippen molar-refractivity contribution in [2.24, 2.45) is 0 Å². The number of aliphatic hydroxyl groups excluding tert-OH is 1. The lowest BCUT2D eigenvalue weighted by molar-refractivity contribution is -0.174. The number of aliphatic carboxylic acids is 1. The van der Waals surface area contributed by atoms with Gasteiger partial charge in [-0.1, -0.05) is 30.3 Å². The Hall–Kier alpha value is -1.80. The zero-order valence-corrected chi connectivity index (χ0v) is 13.5. The SMILES string of the molecule is CO[C@@H](CO)CO[C@@](Cc1ccccc1)(C(=O)O)c1cscn1. The maximum absolute atomic E-state index is 12.0. The van der Waals surface area contributed by atoms with Gasteiger partial charge in [-0.05, 0) is 5.56 Å². The number of benzene rings is 1.